The second-order valence-corrected chi connectivity index (χ2v) is 5.22. The van der Waals surface area contributed by atoms with Crippen molar-refractivity contribution in [2.24, 2.45) is 0 Å². The molecule has 2 rings (SSSR count). The molecule has 0 unspecified atom stereocenters. The standard InChI is InChI=1S/C14H13F6N3O/c15-13(16,17)4-1-12(24)23-5-2-9(3-6-23)10-7-22-11(8-21-10)14(18,19)20/h2,7-8H,1,3-6H2. The maximum Gasteiger partial charge on any atom is 0.434 e. The van der Waals surface area contributed by atoms with Crippen molar-refractivity contribution in [2.75, 3.05) is 13.1 Å². The Balaban J connectivity index is 1.96. The lowest BCUT2D eigenvalue weighted by Crippen LogP contribution is -2.35. The van der Waals surface area contributed by atoms with Crippen molar-refractivity contribution in [3.63, 3.8) is 0 Å². The Morgan fingerprint density at radius 1 is 1.12 bits per heavy atom. The first kappa shape index (κ1) is 18.2. The molecule has 0 saturated carbocycles. The molecule has 1 aromatic heterocycles. The lowest BCUT2D eigenvalue weighted by molar-refractivity contribution is -0.148. The Morgan fingerprint density at radius 3 is 2.29 bits per heavy atom. The van der Waals surface area contributed by atoms with Gasteiger partial charge in [-0.15, -0.1) is 0 Å². The summed E-state index contributed by atoms with van der Waals surface area (Å²) in [5.74, 6) is -0.610. The second-order valence-electron chi connectivity index (χ2n) is 5.22. The van der Waals surface area contributed by atoms with Gasteiger partial charge in [0, 0.05) is 19.5 Å². The van der Waals surface area contributed by atoms with Crippen LogP contribution < -0.4 is 0 Å². The molecule has 10 heteroatoms. The number of aromatic nitrogens is 2. The molecule has 0 N–H and O–H groups in total. The van der Waals surface area contributed by atoms with Crippen LogP contribution in [0.25, 0.3) is 5.57 Å². The number of alkyl halides is 6. The molecule has 1 aromatic rings. The SMILES string of the molecule is O=C(CCC(F)(F)F)N1CC=C(c2cnc(C(F)(F)F)cn2)CC1. The van der Waals surface area contributed by atoms with Crippen molar-refractivity contribution in [3.05, 3.63) is 29.9 Å². The first-order valence-electron chi connectivity index (χ1n) is 6.99. The van der Waals surface area contributed by atoms with E-state index in [0.29, 0.717) is 11.8 Å². The normalized spacial score (nSPS) is 16.1. The van der Waals surface area contributed by atoms with Gasteiger partial charge in [0.05, 0.1) is 24.5 Å². The third kappa shape index (κ3) is 4.93. The molecule has 0 spiro atoms. The van der Waals surface area contributed by atoms with E-state index in [1.165, 1.54) is 4.90 Å². The number of nitrogens with zero attached hydrogens (tertiary/aromatic N) is 3. The molecule has 1 aliphatic rings. The lowest BCUT2D eigenvalue weighted by Gasteiger charge is -2.26. The van der Waals surface area contributed by atoms with Gasteiger partial charge in [0.2, 0.25) is 5.91 Å². The van der Waals surface area contributed by atoms with Crippen molar-refractivity contribution in [3.8, 4) is 0 Å². The number of carbonyl (C=O) groups excluding carboxylic acids is 1. The Hall–Kier alpha value is -2.13. The summed E-state index contributed by atoms with van der Waals surface area (Å²) in [6.45, 7) is 0.278. The van der Waals surface area contributed by atoms with E-state index in [9.17, 15) is 31.1 Å². The first-order chi connectivity index (χ1) is 11.1. The zero-order chi connectivity index (χ0) is 18.0. The Kier molecular flexibility index (Phi) is 5.14. The van der Waals surface area contributed by atoms with Crippen molar-refractivity contribution in [1.82, 2.24) is 14.9 Å². The smallest absolute Gasteiger partial charge is 0.339 e. The number of halogens is 6. The largest absolute Gasteiger partial charge is 0.434 e. The highest BCUT2D eigenvalue weighted by Gasteiger charge is 2.33. The monoisotopic (exact) mass is 353 g/mol. The van der Waals surface area contributed by atoms with E-state index in [-0.39, 0.29) is 25.2 Å². The predicted molar refractivity (Wildman–Crippen MR) is 71.5 cm³/mol. The quantitative estimate of drug-likeness (QED) is 0.782. The van der Waals surface area contributed by atoms with E-state index < -0.39 is 36.8 Å². The minimum atomic E-state index is -4.58. The average molecular weight is 353 g/mol. The number of hydrogen-bond donors (Lipinski definition) is 0. The van der Waals surface area contributed by atoms with Gasteiger partial charge in [0.15, 0.2) is 5.69 Å². The van der Waals surface area contributed by atoms with Crippen LogP contribution in [0, 0.1) is 0 Å². The summed E-state index contributed by atoms with van der Waals surface area (Å²) < 4.78 is 73.6. The van der Waals surface area contributed by atoms with Crippen LogP contribution in [0.5, 0.6) is 0 Å². The highest BCUT2D eigenvalue weighted by Crippen LogP contribution is 2.28. The molecule has 2 heterocycles. The van der Waals surface area contributed by atoms with Crippen molar-refractivity contribution >= 4 is 11.5 Å². The van der Waals surface area contributed by atoms with Crippen LogP contribution in [0.15, 0.2) is 18.5 Å². The first-order valence-corrected chi connectivity index (χ1v) is 6.99. The summed E-state index contributed by atoms with van der Waals surface area (Å²) in [4.78, 5) is 20.0. The van der Waals surface area contributed by atoms with E-state index in [1.807, 2.05) is 0 Å². The van der Waals surface area contributed by atoms with Crippen molar-refractivity contribution in [2.45, 2.75) is 31.6 Å². The number of carbonyl (C=O) groups is 1. The van der Waals surface area contributed by atoms with Crippen LogP contribution >= 0.6 is 0 Å². The van der Waals surface area contributed by atoms with E-state index >= 15 is 0 Å². The van der Waals surface area contributed by atoms with Gasteiger partial charge in [-0.25, -0.2) is 4.98 Å². The van der Waals surface area contributed by atoms with Crippen molar-refractivity contribution in [1.29, 1.82) is 0 Å². The summed E-state index contributed by atoms with van der Waals surface area (Å²) in [6, 6.07) is 0. The molecule has 0 radical (unpaired) electrons. The number of hydrogen-bond acceptors (Lipinski definition) is 3. The Labute approximate surface area is 133 Å². The molecule has 0 aromatic carbocycles. The number of amides is 1. The van der Waals surface area contributed by atoms with E-state index in [2.05, 4.69) is 9.97 Å². The van der Waals surface area contributed by atoms with Gasteiger partial charge in [-0.05, 0) is 12.0 Å². The third-order valence-corrected chi connectivity index (χ3v) is 3.46. The van der Waals surface area contributed by atoms with Gasteiger partial charge in [-0.2, -0.15) is 26.3 Å². The molecule has 0 saturated heterocycles. The van der Waals surface area contributed by atoms with Gasteiger partial charge in [-0.1, -0.05) is 6.08 Å². The summed E-state index contributed by atoms with van der Waals surface area (Å²) >= 11 is 0. The molecule has 0 atom stereocenters. The van der Waals surface area contributed by atoms with Crippen LogP contribution in [0.2, 0.25) is 0 Å². The summed E-state index contributed by atoms with van der Waals surface area (Å²) in [5.41, 5.74) is -0.242. The van der Waals surface area contributed by atoms with Gasteiger partial charge in [0.1, 0.15) is 0 Å². The Morgan fingerprint density at radius 2 is 1.83 bits per heavy atom. The molecular weight excluding hydrogens is 340 g/mol. The van der Waals surface area contributed by atoms with Crippen LogP contribution in [-0.4, -0.2) is 40.0 Å². The summed E-state index contributed by atoms with van der Waals surface area (Å²) in [7, 11) is 0. The topological polar surface area (TPSA) is 46.1 Å². The minimum Gasteiger partial charge on any atom is -0.339 e. The van der Waals surface area contributed by atoms with Crippen LogP contribution in [0.4, 0.5) is 26.3 Å². The Bertz CT molecular complexity index is 621. The van der Waals surface area contributed by atoms with Gasteiger partial charge in [-0.3, -0.25) is 9.78 Å². The van der Waals surface area contributed by atoms with Gasteiger partial charge < -0.3 is 4.90 Å². The third-order valence-electron chi connectivity index (χ3n) is 3.46. The summed E-state index contributed by atoms with van der Waals surface area (Å²) in [5, 5.41) is 0. The molecule has 1 aliphatic heterocycles. The van der Waals surface area contributed by atoms with Crippen molar-refractivity contribution < 1.29 is 31.1 Å². The van der Waals surface area contributed by atoms with E-state index in [1.54, 1.807) is 6.08 Å². The number of rotatable bonds is 3. The minimum absolute atomic E-state index is 0.0920. The lowest BCUT2D eigenvalue weighted by atomic mass is 10.0. The fraction of sp³-hybridized carbons (Fsp3) is 0.500. The molecular formula is C14H13F6N3O. The molecule has 0 fully saturated rings. The molecule has 0 aliphatic carbocycles. The predicted octanol–water partition coefficient (Wildman–Crippen LogP) is 3.45. The average Bonchev–Trinajstić information content (AvgIpc) is 2.51. The van der Waals surface area contributed by atoms with Crippen LogP contribution in [-0.2, 0) is 11.0 Å². The zero-order valence-electron chi connectivity index (χ0n) is 12.3. The van der Waals surface area contributed by atoms with Gasteiger partial charge >= 0.3 is 12.4 Å². The molecule has 1 amide bonds. The van der Waals surface area contributed by atoms with Crippen LogP contribution in [0.3, 0.4) is 0 Å². The second kappa shape index (κ2) is 6.78. The zero-order valence-corrected chi connectivity index (χ0v) is 12.3. The van der Waals surface area contributed by atoms with E-state index in [4.69, 9.17) is 0 Å². The molecule has 132 valence electrons. The molecule has 4 nitrogen and oxygen atoms in total. The highest BCUT2D eigenvalue weighted by atomic mass is 19.4. The molecule has 0 bridgehead atoms. The fourth-order valence-electron chi connectivity index (χ4n) is 2.18. The maximum absolute atomic E-state index is 12.4. The molecule has 24 heavy (non-hydrogen) atoms. The van der Waals surface area contributed by atoms with Crippen LogP contribution in [0.1, 0.15) is 30.7 Å². The summed E-state index contributed by atoms with van der Waals surface area (Å²) in [6.07, 6.45) is -7.29. The fourth-order valence-corrected chi connectivity index (χ4v) is 2.18. The highest BCUT2D eigenvalue weighted by molar-refractivity contribution is 5.78. The maximum atomic E-state index is 12.4. The van der Waals surface area contributed by atoms with E-state index in [0.717, 1.165) is 6.20 Å². The van der Waals surface area contributed by atoms with Gasteiger partial charge in [0.25, 0.3) is 0 Å².